The van der Waals surface area contributed by atoms with Crippen LogP contribution in [0.1, 0.15) is 5.56 Å². The zero-order chi connectivity index (χ0) is 15.4. The number of nitrogens with one attached hydrogen (secondary N) is 1. The summed E-state index contributed by atoms with van der Waals surface area (Å²) in [5, 5.41) is 22.8. The average Bonchev–Trinajstić information content (AvgIpc) is 2.40. The molecular formula is C14H11BrN2O4. The molecule has 0 radical (unpaired) electrons. The van der Waals surface area contributed by atoms with Gasteiger partial charge >= 0.3 is 0 Å². The van der Waals surface area contributed by atoms with Gasteiger partial charge in [-0.1, -0.05) is 28.1 Å². The lowest BCUT2D eigenvalue weighted by Crippen LogP contribution is -2.14. The molecule has 6 nitrogen and oxygen atoms in total. The first-order valence-corrected chi connectivity index (χ1v) is 6.76. The van der Waals surface area contributed by atoms with Crippen molar-refractivity contribution in [1.82, 2.24) is 0 Å². The van der Waals surface area contributed by atoms with E-state index in [1.165, 1.54) is 12.1 Å². The van der Waals surface area contributed by atoms with Crippen molar-refractivity contribution in [3.63, 3.8) is 0 Å². The predicted octanol–water partition coefficient (Wildman–Crippen LogP) is 3.24. The molecule has 0 atom stereocenters. The van der Waals surface area contributed by atoms with Crippen LogP contribution in [0.3, 0.4) is 0 Å². The van der Waals surface area contributed by atoms with Crippen molar-refractivity contribution >= 4 is 33.2 Å². The fraction of sp³-hybridized carbons (Fsp3) is 0.0714. The molecule has 2 N–H and O–H groups in total. The highest BCUT2D eigenvalue weighted by Gasteiger charge is 2.12. The number of aromatic hydroxyl groups is 1. The number of halogens is 1. The first-order chi connectivity index (χ1) is 9.95. The van der Waals surface area contributed by atoms with Crippen LogP contribution >= 0.6 is 15.9 Å². The number of carbonyl (C=O) groups excluding carboxylic acids is 1. The Morgan fingerprint density at radius 2 is 2.05 bits per heavy atom. The highest BCUT2D eigenvalue weighted by Crippen LogP contribution is 2.28. The van der Waals surface area contributed by atoms with E-state index in [4.69, 9.17) is 0 Å². The summed E-state index contributed by atoms with van der Waals surface area (Å²) in [6.45, 7) is 0. The Bertz CT molecular complexity index is 703. The van der Waals surface area contributed by atoms with E-state index in [1.54, 1.807) is 6.07 Å². The van der Waals surface area contributed by atoms with Gasteiger partial charge in [-0.2, -0.15) is 0 Å². The lowest BCUT2D eigenvalue weighted by Gasteiger charge is -2.07. The molecule has 108 valence electrons. The molecule has 0 saturated heterocycles. The first kappa shape index (κ1) is 15.0. The number of nitrogens with zero attached hydrogens (tertiary/aromatic N) is 1. The molecule has 0 fully saturated rings. The highest BCUT2D eigenvalue weighted by molar-refractivity contribution is 9.10. The molecule has 7 heteroatoms. The minimum absolute atomic E-state index is 0.135. The fourth-order valence-electron chi connectivity index (χ4n) is 1.77. The normalized spacial score (nSPS) is 10.1. The second-order valence-corrected chi connectivity index (χ2v) is 5.23. The maximum Gasteiger partial charge on any atom is 0.273 e. The number of nitro groups is 1. The number of phenols is 1. The Balaban J connectivity index is 2.08. The molecular weight excluding hydrogens is 340 g/mol. The largest absolute Gasteiger partial charge is 0.506 e. The van der Waals surface area contributed by atoms with Gasteiger partial charge in [0.25, 0.3) is 5.69 Å². The van der Waals surface area contributed by atoms with Gasteiger partial charge in [0.05, 0.1) is 23.1 Å². The van der Waals surface area contributed by atoms with Crippen LogP contribution < -0.4 is 5.32 Å². The maximum atomic E-state index is 11.9. The minimum atomic E-state index is -0.618. The van der Waals surface area contributed by atoms with Crippen LogP contribution in [-0.2, 0) is 11.2 Å². The van der Waals surface area contributed by atoms with E-state index in [0.29, 0.717) is 0 Å². The molecule has 0 saturated carbocycles. The zero-order valence-corrected chi connectivity index (χ0v) is 12.3. The summed E-state index contributed by atoms with van der Waals surface area (Å²) in [6, 6.07) is 10.8. The number of anilines is 1. The standard InChI is InChI=1S/C14H11BrN2O4/c15-10-3-1-2-9(6-10)7-14(19)16-12-5-4-11(17(20)21)8-13(12)18/h1-6,8,18H,7H2,(H,16,19). The number of phenolic OH excluding ortho intramolecular Hbond substituents is 1. The average molecular weight is 351 g/mol. The molecule has 0 spiro atoms. The van der Waals surface area contributed by atoms with E-state index in [2.05, 4.69) is 21.2 Å². The molecule has 0 bridgehead atoms. The Hall–Kier alpha value is -2.41. The van der Waals surface area contributed by atoms with Crippen molar-refractivity contribution in [2.75, 3.05) is 5.32 Å². The van der Waals surface area contributed by atoms with E-state index in [9.17, 15) is 20.0 Å². The van der Waals surface area contributed by atoms with Gasteiger partial charge in [-0.3, -0.25) is 14.9 Å². The summed E-state index contributed by atoms with van der Waals surface area (Å²) in [5.74, 6) is -0.663. The van der Waals surface area contributed by atoms with E-state index < -0.39 is 4.92 Å². The van der Waals surface area contributed by atoms with Gasteiger partial charge in [0.1, 0.15) is 5.75 Å². The number of rotatable bonds is 4. The Labute approximate surface area is 128 Å². The van der Waals surface area contributed by atoms with Crippen LogP contribution in [0.5, 0.6) is 5.75 Å². The fourth-order valence-corrected chi connectivity index (χ4v) is 2.21. The van der Waals surface area contributed by atoms with Gasteiger partial charge in [-0.15, -0.1) is 0 Å². The van der Waals surface area contributed by atoms with E-state index >= 15 is 0 Å². The van der Waals surface area contributed by atoms with Gasteiger partial charge in [-0.25, -0.2) is 0 Å². The van der Waals surface area contributed by atoms with Crippen molar-refractivity contribution in [1.29, 1.82) is 0 Å². The molecule has 21 heavy (non-hydrogen) atoms. The molecule has 0 aliphatic heterocycles. The van der Waals surface area contributed by atoms with Crippen molar-refractivity contribution in [3.05, 3.63) is 62.6 Å². The third-order valence-corrected chi connectivity index (χ3v) is 3.21. The number of hydrogen-bond acceptors (Lipinski definition) is 4. The monoisotopic (exact) mass is 350 g/mol. The number of non-ortho nitro benzene ring substituents is 1. The van der Waals surface area contributed by atoms with E-state index in [1.807, 2.05) is 18.2 Å². The van der Waals surface area contributed by atoms with Crippen LogP contribution in [0.15, 0.2) is 46.9 Å². The highest BCUT2D eigenvalue weighted by atomic mass is 79.9. The summed E-state index contributed by atoms with van der Waals surface area (Å²) >= 11 is 3.32. The van der Waals surface area contributed by atoms with Crippen LogP contribution in [-0.4, -0.2) is 15.9 Å². The second kappa shape index (κ2) is 6.36. The molecule has 1 amide bonds. The summed E-state index contributed by atoms with van der Waals surface area (Å²) in [4.78, 5) is 21.8. The van der Waals surface area contributed by atoms with Gasteiger partial charge in [-0.05, 0) is 23.8 Å². The quantitative estimate of drug-likeness (QED) is 0.502. The lowest BCUT2D eigenvalue weighted by atomic mass is 10.1. The molecule has 0 aromatic heterocycles. The van der Waals surface area contributed by atoms with Gasteiger partial charge in [0.2, 0.25) is 5.91 Å². The summed E-state index contributed by atoms with van der Waals surface area (Å²) < 4.78 is 0.867. The summed E-state index contributed by atoms with van der Waals surface area (Å²) in [5.41, 5.74) is 0.710. The Morgan fingerprint density at radius 3 is 2.67 bits per heavy atom. The van der Waals surface area contributed by atoms with Crippen LogP contribution in [0, 0.1) is 10.1 Å². The van der Waals surface area contributed by atoms with Gasteiger partial charge in [0, 0.05) is 10.5 Å². The van der Waals surface area contributed by atoms with Crippen LogP contribution in [0.2, 0.25) is 0 Å². The minimum Gasteiger partial charge on any atom is -0.506 e. The SMILES string of the molecule is O=C(Cc1cccc(Br)c1)Nc1ccc([N+](=O)[O-])cc1O. The first-order valence-electron chi connectivity index (χ1n) is 5.97. The van der Waals surface area contributed by atoms with Gasteiger partial charge < -0.3 is 10.4 Å². The Morgan fingerprint density at radius 1 is 1.29 bits per heavy atom. The smallest absolute Gasteiger partial charge is 0.273 e. The van der Waals surface area contributed by atoms with E-state index in [-0.39, 0.29) is 29.5 Å². The third-order valence-electron chi connectivity index (χ3n) is 2.72. The second-order valence-electron chi connectivity index (χ2n) is 4.31. The molecule has 2 aromatic carbocycles. The van der Waals surface area contributed by atoms with Crippen LogP contribution in [0.25, 0.3) is 0 Å². The number of benzene rings is 2. The summed E-state index contributed by atoms with van der Waals surface area (Å²) in [7, 11) is 0. The van der Waals surface area contributed by atoms with Crippen LogP contribution in [0.4, 0.5) is 11.4 Å². The van der Waals surface area contributed by atoms with Crippen molar-refractivity contribution in [3.8, 4) is 5.75 Å². The number of nitro benzene ring substituents is 1. The molecule has 2 rings (SSSR count). The zero-order valence-electron chi connectivity index (χ0n) is 10.7. The topological polar surface area (TPSA) is 92.5 Å². The van der Waals surface area contributed by atoms with Gasteiger partial charge in [0.15, 0.2) is 0 Å². The number of amides is 1. The van der Waals surface area contributed by atoms with Crippen molar-refractivity contribution in [2.45, 2.75) is 6.42 Å². The van der Waals surface area contributed by atoms with Crippen molar-refractivity contribution < 1.29 is 14.8 Å². The molecule has 2 aromatic rings. The lowest BCUT2D eigenvalue weighted by molar-refractivity contribution is -0.384. The molecule has 0 aliphatic rings. The van der Waals surface area contributed by atoms with Crippen molar-refractivity contribution in [2.24, 2.45) is 0 Å². The predicted molar refractivity (Wildman–Crippen MR) is 81.2 cm³/mol. The number of hydrogen-bond donors (Lipinski definition) is 2. The molecule has 0 aliphatic carbocycles. The maximum absolute atomic E-state index is 11.9. The molecule has 0 heterocycles. The third kappa shape index (κ3) is 4.03. The molecule has 0 unspecified atom stereocenters. The number of carbonyl (C=O) groups is 1. The Kier molecular flexibility index (Phi) is 4.54. The van der Waals surface area contributed by atoms with E-state index in [0.717, 1.165) is 16.1 Å². The summed E-state index contributed by atoms with van der Waals surface area (Å²) in [6.07, 6.45) is 0.135.